The fourth-order valence-electron chi connectivity index (χ4n) is 4.63. The van der Waals surface area contributed by atoms with Crippen LogP contribution in [0.4, 0.5) is 5.69 Å². The summed E-state index contributed by atoms with van der Waals surface area (Å²) in [5.41, 5.74) is 16.2. The molecular weight excluding hydrogens is 410 g/mol. The normalized spacial score (nSPS) is 16.2. The minimum Gasteiger partial charge on any atom is -0.369 e. The van der Waals surface area contributed by atoms with Crippen LogP contribution in [0.5, 0.6) is 0 Å². The summed E-state index contributed by atoms with van der Waals surface area (Å²) >= 11 is 0. The molecule has 0 radical (unpaired) electrons. The summed E-state index contributed by atoms with van der Waals surface area (Å²) < 4.78 is 0. The van der Waals surface area contributed by atoms with E-state index in [0.29, 0.717) is 5.92 Å². The van der Waals surface area contributed by atoms with E-state index in [2.05, 4.69) is 79.2 Å². The SMILES string of the molecule is CC(C)C[C@@H](C(=O)NCN)c1cccc(-c2ccc(N3CCN(CC(C)(C)N)CC3)cc2)c1. The smallest absolute Gasteiger partial charge is 0.228 e. The molecule has 1 amide bonds. The van der Waals surface area contributed by atoms with Crippen LogP contribution in [0, 0.1) is 5.92 Å². The molecule has 1 atom stereocenters. The molecule has 1 heterocycles. The number of nitrogens with two attached hydrogens (primary N) is 2. The lowest BCUT2D eigenvalue weighted by Gasteiger charge is -2.38. The molecule has 1 aliphatic heterocycles. The van der Waals surface area contributed by atoms with Crippen molar-refractivity contribution < 1.29 is 4.79 Å². The lowest BCUT2D eigenvalue weighted by molar-refractivity contribution is -0.122. The Hall–Kier alpha value is -2.41. The first-order chi connectivity index (χ1) is 15.7. The van der Waals surface area contributed by atoms with Gasteiger partial charge in [0, 0.05) is 44.0 Å². The highest BCUT2D eigenvalue weighted by Gasteiger charge is 2.23. The Bertz CT molecular complexity index is 895. The van der Waals surface area contributed by atoms with Crippen molar-refractivity contribution in [1.29, 1.82) is 0 Å². The van der Waals surface area contributed by atoms with E-state index in [-0.39, 0.29) is 24.0 Å². The van der Waals surface area contributed by atoms with E-state index in [1.54, 1.807) is 0 Å². The third-order valence-electron chi connectivity index (χ3n) is 6.16. The minimum absolute atomic E-state index is 0.00383. The molecule has 0 saturated carbocycles. The van der Waals surface area contributed by atoms with E-state index in [9.17, 15) is 4.79 Å². The van der Waals surface area contributed by atoms with Gasteiger partial charge in [-0.15, -0.1) is 0 Å². The second kappa shape index (κ2) is 11.1. The van der Waals surface area contributed by atoms with Crippen LogP contribution in [0.25, 0.3) is 11.1 Å². The van der Waals surface area contributed by atoms with Crippen LogP contribution >= 0.6 is 0 Å². The molecule has 2 aromatic rings. The van der Waals surface area contributed by atoms with Crippen molar-refractivity contribution in [3.8, 4) is 11.1 Å². The Balaban J connectivity index is 1.70. The molecule has 180 valence electrons. The average molecular weight is 452 g/mol. The Morgan fingerprint density at radius 1 is 1.03 bits per heavy atom. The first-order valence-electron chi connectivity index (χ1n) is 12.1. The van der Waals surface area contributed by atoms with Crippen molar-refractivity contribution in [1.82, 2.24) is 10.2 Å². The van der Waals surface area contributed by atoms with E-state index in [4.69, 9.17) is 11.5 Å². The van der Waals surface area contributed by atoms with Gasteiger partial charge in [0.15, 0.2) is 0 Å². The van der Waals surface area contributed by atoms with E-state index in [1.807, 2.05) is 12.1 Å². The van der Waals surface area contributed by atoms with Crippen LogP contribution in [0.2, 0.25) is 0 Å². The van der Waals surface area contributed by atoms with Crippen LogP contribution in [-0.2, 0) is 4.79 Å². The largest absolute Gasteiger partial charge is 0.369 e. The van der Waals surface area contributed by atoms with Crippen LogP contribution in [0.1, 0.15) is 45.6 Å². The fourth-order valence-corrected chi connectivity index (χ4v) is 4.63. The van der Waals surface area contributed by atoms with E-state index in [0.717, 1.165) is 55.8 Å². The van der Waals surface area contributed by atoms with Crippen LogP contribution < -0.4 is 21.7 Å². The number of hydrogen-bond donors (Lipinski definition) is 3. The lowest BCUT2D eigenvalue weighted by atomic mass is 9.88. The molecule has 0 bridgehead atoms. The summed E-state index contributed by atoms with van der Waals surface area (Å²) in [5, 5.41) is 2.79. The molecule has 0 aromatic heterocycles. The molecule has 6 heteroatoms. The molecule has 5 N–H and O–H groups in total. The Kier molecular flexibility index (Phi) is 8.51. The number of benzene rings is 2. The molecule has 3 rings (SSSR count). The van der Waals surface area contributed by atoms with Gasteiger partial charge >= 0.3 is 0 Å². The second-order valence-electron chi connectivity index (χ2n) is 10.4. The van der Waals surface area contributed by atoms with E-state index < -0.39 is 0 Å². The number of carbonyl (C=O) groups is 1. The number of anilines is 1. The third-order valence-corrected chi connectivity index (χ3v) is 6.16. The number of nitrogens with one attached hydrogen (secondary N) is 1. The maximum absolute atomic E-state index is 12.6. The number of rotatable bonds is 9. The summed E-state index contributed by atoms with van der Waals surface area (Å²) in [7, 11) is 0. The Morgan fingerprint density at radius 3 is 2.27 bits per heavy atom. The van der Waals surface area contributed by atoms with E-state index >= 15 is 0 Å². The van der Waals surface area contributed by atoms with Crippen molar-refractivity contribution in [2.24, 2.45) is 17.4 Å². The van der Waals surface area contributed by atoms with Crippen LogP contribution in [-0.4, -0.2) is 55.7 Å². The van der Waals surface area contributed by atoms with Gasteiger partial charge in [0.05, 0.1) is 12.6 Å². The predicted octanol–water partition coefficient (Wildman–Crippen LogP) is 3.38. The van der Waals surface area contributed by atoms with Gasteiger partial charge in [-0.1, -0.05) is 50.2 Å². The second-order valence-corrected chi connectivity index (χ2v) is 10.4. The molecule has 1 aliphatic rings. The van der Waals surface area contributed by atoms with Gasteiger partial charge in [0.1, 0.15) is 0 Å². The summed E-state index contributed by atoms with van der Waals surface area (Å²) in [5.74, 6) is 0.219. The molecule has 2 aromatic carbocycles. The summed E-state index contributed by atoms with van der Waals surface area (Å²) in [6.07, 6.45) is 0.793. The molecule has 0 aliphatic carbocycles. The standard InChI is InChI=1S/C27H41N5O/c1-20(2)16-25(26(33)30-19-28)23-7-5-6-22(17-23)21-8-10-24(11-9-21)32-14-12-31(13-15-32)18-27(3,4)29/h5-11,17,20,25H,12-16,18-19,28-29H2,1-4H3,(H,30,33)/t25-/m1/s1. The molecule has 1 fully saturated rings. The highest BCUT2D eigenvalue weighted by atomic mass is 16.1. The molecule has 0 unspecified atom stereocenters. The third kappa shape index (κ3) is 7.29. The molecule has 0 spiro atoms. The van der Waals surface area contributed by atoms with Gasteiger partial charge in [-0.05, 0) is 55.0 Å². The van der Waals surface area contributed by atoms with Gasteiger partial charge in [-0.25, -0.2) is 0 Å². The first-order valence-corrected chi connectivity index (χ1v) is 12.1. The fraction of sp³-hybridized carbons (Fsp3) is 0.519. The zero-order chi connectivity index (χ0) is 24.0. The number of nitrogens with zero attached hydrogens (tertiary/aromatic N) is 2. The molecule has 1 saturated heterocycles. The summed E-state index contributed by atoms with van der Waals surface area (Å²) in [6, 6.07) is 17.1. The number of carbonyl (C=O) groups excluding carboxylic acids is 1. The number of piperazine rings is 1. The monoisotopic (exact) mass is 451 g/mol. The van der Waals surface area contributed by atoms with Gasteiger partial charge in [-0.2, -0.15) is 0 Å². The molecule has 33 heavy (non-hydrogen) atoms. The molecule has 6 nitrogen and oxygen atoms in total. The maximum atomic E-state index is 12.6. The zero-order valence-electron chi connectivity index (χ0n) is 20.7. The lowest BCUT2D eigenvalue weighted by Crippen LogP contribution is -2.53. The minimum atomic E-state index is -0.192. The van der Waals surface area contributed by atoms with Crippen molar-refractivity contribution >= 4 is 11.6 Å². The molecular formula is C27H41N5O. The Morgan fingerprint density at radius 2 is 1.70 bits per heavy atom. The number of amides is 1. The van der Waals surface area contributed by atoms with Crippen LogP contribution in [0.15, 0.2) is 48.5 Å². The predicted molar refractivity (Wildman–Crippen MR) is 138 cm³/mol. The van der Waals surface area contributed by atoms with E-state index in [1.165, 1.54) is 5.69 Å². The van der Waals surface area contributed by atoms with Gasteiger partial charge in [-0.3, -0.25) is 9.69 Å². The quantitative estimate of drug-likeness (QED) is 0.509. The average Bonchev–Trinajstić information content (AvgIpc) is 2.77. The maximum Gasteiger partial charge on any atom is 0.228 e. The first kappa shape index (κ1) is 25.2. The Labute approximate surface area is 199 Å². The van der Waals surface area contributed by atoms with Crippen molar-refractivity contribution in [2.45, 2.75) is 45.6 Å². The van der Waals surface area contributed by atoms with Gasteiger partial charge in [0.25, 0.3) is 0 Å². The van der Waals surface area contributed by atoms with Crippen LogP contribution in [0.3, 0.4) is 0 Å². The highest BCUT2D eigenvalue weighted by Crippen LogP contribution is 2.30. The highest BCUT2D eigenvalue weighted by molar-refractivity contribution is 5.84. The van der Waals surface area contributed by atoms with Crippen molar-refractivity contribution in [3.63, 3.8) is 0 Å². The topological polar surface area (TPSA) is 87.6 Å². The van der Waals surface area contributed by atoms with Crippen molar-refractivity contribution in [2.75, 3.05) is 44.3 Å². The number of hydrogen-bond acceptors (Lipinski definition) is 5. The zero-order valence-corrected chi connectivity index (χ0v) is 20.7. The summed E-state index contributed by atoms with van der Waals surface area (Å²) in [4.78, 5) is 17.5. The van der Waals surface area contributed by atoms with Gasteiger partial charge < -0.3 is 21.7 Å². The summed E-state index contributed by atoms with van der Waals surface area (Å²) in [6.45, 7) is 13.6. The van der Waals surface area contributed by atoms with Crippen molar-refractivity contribution in [3.05, 3.63) is 54.1 Å². The van der Waals surface area contributed by atoms with Gasteiger partial charge in [0.2, 0.25) is 5.91 Å².